The van der Waals surface area contributed by atoms with E-state index in [9.17, 15) is 4.79 Å². The molecule has 0 N–H and O–H groups in total. The lowest BCUT2D eigenvalue weighted by molar-refractivity contribution is -0.148. The van der Waals surface area contributed by atoms with Gasteiger partial charge in [-0.2, -0.15) is 0 Å². The van der Waals surface area contributed by atoms with Crippen molar-refractivity contribution < 1.29 is 13.9 Å². The van der Waals surface area contributed by atoms with Crippen molar-refractivity contribution in [3.8, 4) is 11.6 Å². The first kappa shape index (κ1) is 16.6. The summed E-state index contributed by atoms with van der Waals surface area (Å²) in [7, 11) is 0. The lowest BCUT2D eigenvalue weighted by Gasteiger charge is -2.32. The molecule has 1 aromatic carbocycles. The van der Waals surface area contributed by atoms with Crippen molar-refractivity contribution in [2.24, 2.45) is 5.92 Å². The number of hydrogen-bond donors (Lipinski definition) is 0. The molecule has 0 unspecified atom stereocenters. The van der Waals surface area contributed by atoms with Crippen LogP contribution in [0.15, 0.2) is 47.1 Å². The number of carbonyl (C=O) groups excluding carboxylic acids is 1. The summed E-state index contributed by atoms with van der Waals surface area (Å²) in [5, 5.41) is 1.01. The van der Waals surface area contributed by atoms with Crippen LogP contribution in [0, 0.1) is 5.92 Å². The van der Waals surface area contributed by atoms with Crippen LogP contribution >= 0.6 is 0 Å². The van der Waals surface area contributed by atoms with Gasteiger partial charge in [-0.1, -0.05) is 12.1 Å². The zero-order valence-corrected chi connectivity index (χ0v) is 14.7. The van der Waals surface area contributed by atoms with Gasteiger partial charge in [0.1, 0.15) is 5.82 Å². The molecule has 0 bridgehead atoms. The van der Waals surface area contributed by atoms with Gasteiger partial charge in [-0.05, 0) is 44.0 Å². The van der Waals surface area contributed by atoms with E-state index in [1.54, 1.807) is 6.26 Å². The molecular formula is C20H21N3O3. The minimum atomic E-state index is -0.0871. The molecule has 1 aliphatic heterocycles. The number of anilines is 1. The number of esters is 1. The minimum Gasteiger partial charge on any atom is -0.466 e. The highest BCUT2D eigenvalue weighted by Gasteiger charge is 2.27. The molecule has 0 atom stereocenters. The number of aromatic nitrogens is 2. The van der Waals surface area contributed by atoms with Gasteiger partial charge in [0.05, 0.1) is 24.3 Å². The Morgan fingerprint density at radius 3 is 2.73 bits per heavy atom. The van der Waals surface area contributed by atoms with Crippen molar-refractivity contribution in [1.29, 1.82) is 0 Å². The molecule has 3 aromatic rings. The third kappa shape index (κ3) is 3.14. The van der Waals surface area contributed by atoms with Gasteiger partial charge in [0.25, 0.3) is 0 Å². The lowest BCUT2D eigenvalue weighted by Crippen LogP contribution is -2.37. The molecule has 0 spiro atoms. The van der Waals surface area contributed by atoms with E-state index in [1.165, 1.54) is 0 Å². The first-order valence-electron chi connectivity index (χ1n) is 8.98. The monoisotopic (exact) mass is 351 g/mol. The molecule has 134 valence electrons. The fourth-order valence-corrected chi connectivity index (χ4v) is 3.40. The average Bonchev–Trinajstić information content (AvgIpc) is 3.22. The SMILES string of the molecule is CCOC(=O)C1CCN(c2nc(-c3ccco3)nc3ccccc23)CC1. The topological polar surface area (TPSA) is 68.5 Å². The zero-order valence-electron chi connectivity index (χ0n) is 14.7. The predicted molar refractivity (Wildman–Crippen MR) is 98.8 cm³/mol. The number of piperidine rings is 1. The molecule has 1 aliphatic rings. The highest BCUT2D eigenvalue weighted by atomic mass is 16.5. The van der Waals surface area contributed by atoms with Crippen LogP contribution in [0.25, 0.3) is 22.5 Å². The summed E-state index contributed by atoms with van der Waals surface area (Å²) in [4.78, 5) is 23.6. The first-order chi connectivity index (χ1) is 12.8. The summed E-state index contributed by atoms with van der Waals surface area (Å²) in [6.45, 7) is 3.81. The van der Waals surface area contributed by atoms with Crippen LogP contribution in [-0.2, 0) is 9.53 Å². The molecule has 1 saturated heterocycles. The smallest absolute Gasteiger partial charge is 0.309 e. The number of fused-ring (bicyclic) bond motifs is 1. The fourth-order valence-electron chi connectivity index (χ4n) is 3.40. The second-order valence-corrected chi connectivity index (χ2v) is 6.38. The third-order valence-corrected chi connectivity index (χ3v) is 4.74. The van der Waals surface area contributed by atoms with Gasteiger partial charge in [-0.3, -0.25) is 4.79 Å². The van der Waals surface area contributed by atoms with E-state index < -0.39 is 0 Å². The molecule has 0 radical (unpaired) electrons. The standard InChI is InChI=1S/C20H21N3O3/c1-2-25-20(24)14-9-11-23(12-10-14)19-15-6-3-4-7-16(15)21-18(22-19)17-8-5-13-26-17/h3-8,13-14H,2,9-12H2,1H3. The van der Waals surface area contributed by atoms with Gasteiger partial charge >= 0.3 is 5.97 Å². The predicted octanol–water partition coefficient (Wildman–Crippen LogP) is 3.67. The van der Waals surface area contributed by atoms with Gasteiger partial charge < -0.3 is 14.1 Å². The molecular weight excluding hydrogens is 330 g/mol. The Balaban J connectivity index is 1.65. The third-order valence-electron chi connectivity index (χ3n) is 4.74. The summed E-state index contributed by atoms with van der Waals surface area (Å²) in [6, 6.07) is 11.7. The molecule has 0 aliphatic carbocycles. The van der Waals surface area contributed by atoms with E-state index in [0.29, 0.717) is 18.2 Å². The van der Waals surface area contributed by atoms with Gasteiger partial charge in [0.15, 0.2) is 11.6 Å². The maximum Gasteiger partial charge on any atom is 0.309 e. The Kier molecular flexibility index (Phi) is 4.56. The largest absolute Gasteiger partial charge is 0.466 e. The van der Waals surface area contributed by atoms with E-state index >= 15 is 0 Å². The van der Waals surface area contributed by atoms with Gasteiger partial charge in [-0.15, -0.1) is 0 Å². The van der Waals surface area contributed by atoms with Crippen molar-refractivity contribution >= 4 is 22.7 Å². The Morgan fingerprint density at radius 2 is 2.00 bits per heavy atom. The molecule has 26 heavy (non-hydrogen) atoms. The Hall–Kier alpha value is -2.89. The number of furan rings is 1. The molecule has 3 heterocycles. The summed E-state index contributed by atoms with van der Waals surface area (Å²) in [5.41, 5.74) is 0.886. The summed E-state index contributed by atoms with van der Waals surface area (Å²) < 4.78 is 10.6. The molecule has 4 rings (SSSR count). The maximum absolute atomic E-state index is 12.0. The number of nitrogens with zero attached hydrogens (tertiary/aromatic N) is 3. The van der Waals surface area contributed by atoms with Crippen molar-refractivity contribution in [1.82, 2.24) is 9.97 Å². The number of para-hydroxylation sites is 1. The van der Waals surface area contributed by atoms with Gasteiger partial charge in [0, 0.05) is 18.5 Å². The minimum absolute atomic E-state index is 0.0242. The molecule has 1 fully saturated rings. The molecule has 0 saturated carbocycles. The first-order valence-corrected chi connectivity index (χ1v) is 8.98. The van der Waals surface area contributed by atoms with Gasteiger partial charge in [-0.25, -0.2) is 9.97 Å². The summed E-state index contributed by atoms with van der Waals surface area (Å²) in [6.07, 6.45) is 3.17. The van der Waals surface area contributed by atoms with Crippen LogP contribution in [0.2, 0.25) is 0 Å². The van der Waals surface area contributed by atoms with E-state index in [-0.39, 0.29) is 11.9 Å². The highest BCUT2D eigenvalue weighted by molar-refractivity contribution is 5.91. The van der Waals surface area contributed by atoms with Crippen LogP contribution in [0.1, 0.15) is 19.8 Å². The number of ether oxygens (including phenoxy) is 1. The normalized spacial score (nSPS) is 15.3. The molecule has 2 aromatic heterocycles. The number of benzene rings is 1. The van der Waals surface area contributed by atoms with Gasteiger partial charge in [0.2, 0.25) is 0 Å². The van der Waals surface area contributed by atoms with Crippen molar-refractivity contribution in [3.05, 3.63) is 42.7 Å². The van der Waals surface area contributed by atoms with Crippen molar-refractivity contribution in [2.45, 2.75) is 19.8 Å². The summed E-state index contributed by atoms with van der Waals surface area (Å²) in [5.74, 6) is 2.01. The van der Waals surface area contributed by atoms with E-state index in [1.807, 2.05) is 43.3 Å². The number of carbonyl (C=O) groups is 1. The lowest BCUT2D eigenvalue weighted by atomic mass is 9.97. The van der Waals surface area contributed by atoms with E-state index in [0.717, 1.165) is 42.7 Å². The Bertz CT molecular complexity index is 900. The second kappa shape index (κ2) is 7.15. The van der Waals surface area contributed by atoms with Crippen LogP contribution in [0.3, 0.4) is 0 Å². The Labute approximate surface area is 151 Å². The zero-order chi connectivity index (χ0) is 17.9. The second-order valence-electron chi connectivity index (χ2n) is 6.38. The summed E-state index contributed by atoms with van der Waals surface area (Å²) >= 11 is 0. The molecule has 0 amide bonds. The maximum atomic E-state index is 12.0. The van der Waals surface area contributed by atoms with Crippen molar-refractivity contribution in [2.75, 3.05) is 24.6 Å². The van der Waals surface area contributed by atoms with E-state index in [4.69, 9.17) is 14.1 Å². The van der Waals surface area contributed by atoms with Crippen LogP contribution in [-0.4, -0.2) is 35.6 Å². The average molecular weight is 351 g/mol. The Morgan fingerprint density at radius 1 is 1.19 bits per heavy atom. The highest BCUT2D eigenvalue weighted by Crippen LogP contribution is 2.30. The van der Waals surface area contributed by atoms with Crippen molar-refractivity contribution in [3.63, 3.8) is 0 Å². The number of rotatable bonds is 4. The molecule has 6 heteroatoms. The van der Waals surface area contributed by atoms with E-state index in [2.05, 4.69) is 9.88 Å². The van der Waals surface area contributed by atoms with Crippen LogP contribution < -0.4 is 4.90 Å². The molecule has 6 nitrogen and oxygen atoms in total. The quantitative estimate of drug-likeness (QED) is 0.668. The van der Waals surface area contributed by atoms with Crippen LogP contribution in [0.4, 0.5) is 5.82 Å². The fraction of sp³-hybridized carbons (Fsp3) is 0.350. The van der Waals surface area contributed by atoms with Crippen LogP contribution in [0.5, 0.6) is 0 Å². The number of hydrogen-bond acceptors (Lipinski definition) is 6.